The molecule has 3 aromatic heterocycles. The fourth-order valence-corrected chi connectivity index (χ4v) is 5.61. The molecule has 6 rings (SSSR count). The average molecular weight is 382 g/mol. The average Bonchev–Trinajstić information content (AvgIpc) is 3.28. The van der Waals surface area contributed by atoms with E-state index in [1.807, 2.05) is 11.3 Å². The maximum absolute atomic E-state index is 5.78. The van der Waals surface area contributed by atoms with E-state index >= 15 is 0 Å². The number of anilines is 1. The molecule has 0 radical (unpaired) electrons. The lowest BCUT2D eigenvalue weighted by Gasteiger charge is -2.35. The molecule has 4 heterocycles. The zero-order chi connectivity index (χ0) is 17.8. The number of aryl methyl sites for hydroxylation is 2. The summed E-state index contributed by atoms with van der Waals surface area (Å²) >= 11 is 1.89. The van der Waals surface area contributed by atoms with Gasteiger partial charge in [-0.25, -0.2) is 15.0 Å². The van der Waals surface area contributed by atoms with Crippen molar-refractivity contribution in [2.75, 3.05) is 24.7 Å². The van der Waals surface area contributed by atoms with Gasteiger partial charge >= 0.3 is 0 Å². The van der Waals surface area contributed by atoms with Gasteiger partial charge in [0.25, 0.3) is 0 Å². The molecule has 2 aliphatic carbocycles. The van der Waals surface area contributed by atoms with Crippen LogP contribution in [0.2, 0.25) is 0 Å². The summed E-state index contributed by atoms with van der Waals surface area (Å²) in [5.41, 5.74) is 1.49. The zero-order valence-corrected chi connectivity index (χ0v) is 16.0. The number of aromatic nitrogens is 5. The summed E-state index contributed by atoms with van der Waals surface area (Å²) < 4.78 is 5.78. The van der Waals surface area contributed by atoms with Crippen LogP contribution in [0.4, 0.5) is 5.82 Å². The topological polar surface area (TPSA) is 79.8 Å². The van der Waals surface area contributed by atoms with Crippen LogP contribution in [0.5, 0.6) is 0 Å². The number of aromatic amines is 1. The standard InChI is InChI=1S/C19H22N6OS/c1-2-4-14-12(3-1)15-18(22-16(11-5-6-11)23-19(15)27-14)25-7-8-26-9-13(25)17-20-10-21-24-17/h10-11,13H,1-9H2,(H,20,21,24). The van der Waals surface area contributed by atoms with Crippen LogP contribution in [0.15, 0.2) is 6.33 Å². The van der Waals surface area contributed by atoms with Crippen molar-refractivity contribution < 1.29 is 4.74 Å². The Hall–Kier alpha value is -2.06. The first-order chi connectivity index (χ1) is 13.4. The second-order valence-corrected chi connectivity index (χ2v) is 8.81. The lowest BCUT2D eigenvalue weighted by atomic mass is 9.96. The number of nitrogens with one attached hydrogen (secondary N) is 1. The third-order valence-corrected chi connectivity index (χ3v) is 7.09. The van der Waals surface area contributed by atoms with Gasteiger partial charge in [0.15, 0.2) is 0 Å². The molecule has 7 nitrogen and oxygen atoms in total. The third-order valence-electron chi connectivity index (χ3n) is 5.91. The maximum atomic E-state index is 5.78. The van der Waals surface area contributed by atoms with Crippen molar-refractivity contribution in [3.8, 4) is 0 Å². The third kappa shape index (κ3) is 2.65. The highest BCUT2D eigenvalue weighted by molar-refractivity contribution is 7.19. The van der Waals surface area contributed by atoms with Gasteiger partial charge in [-0.15, -0.1) is 11.3 Å². The van der Waals surface area contributed by atoms with Crippen molar-refractivity contribution in [3.63, 3.8) is 0 Å². The number of hydrogen-bond donors (Lipinski definition) is 1. The van der Waals surface area contributed by atoms with Gasteiger partial charge in [0.1, 0.15) is 34.7 Å². The Bertz CT molecular complexity index is 980. The van der Waals surface area contributed by atoms with Crippen LogP contribution in [0, 0.1) is 0 Å². The molecule has 0 spiro atoms. The second kappa shape index (κ2) is 6.24. The molecular weight excluding hydrogens is 360 g/mol. The zero-order valence-electron chi connectivity index (χ0n) is 15.1. The first-order valence-corrected chi connectivity index (χ1v) is 10.7. The van der Waals surface area contributed by atoms with Gasteiger partial charge in [-0.3, -0.25) is 5.10 Å². The number of morpholine rings is 1. The highest BCUT2D eigenvalue weighted by Crippen LogP contribution is 2.45. The first-order valence-electron chi connectivity index (χ1n) is 9.90. The summed E-state index contributed by atoms with van der Waals surface area (Å²) in [6.45, 7) is 2.12. The van der Waals surface area contributed by atoms with Crippen LogP contribution in [0.1, 0.15) is 59.7 Å². The number of ether oxygens (including phenoxy) is 1. The Morgan fingerprint density at radius 3 is 2.96 bits per heavy atom. The SMILES string of the molecule is c1n[nH]c(C2COCCN2c2nc(C3CC3)nc3sc4c(c23)CCCC4)n1. The minimum atomic E-state index is 0.0190. The van der Waals surface area contributed by atoms with Crippen molar-refractivity contribution in [3.05, 3.63) is 28.4 Å². The molecule has 140 valence electrons. The van der Waals surface area contributed by atoms with E-state index in [-0.39, 0.29) is 6.04 Å². The van der Waals surface area contributed by atoms with Crippen molar-refractivity contribution in [2.24, 2.45) is 0 Å². The molecule has 0 aromatic carbocycles. The van der Waals surface area contributed by atoms with E-state index in [9.17, 15) is 0 Å². The minimum Gasteiger partial charge on any atom is -0.377 e. The summed E-state index contributed by atoms with van der Waals surface area (Å²) in [5.74, 6) is 3.50. The summed E-state index contributed by atoms with van der Waals surface area (Å²) in [6, 6.07) is 0.0190. The highest BCUT2D eigenvalue weighted by atomic mass is 32.1. The van der Waals surface area contributed by atoms with Gasteiger partial charge in [0, 0.05) is 17.3 Å². The Morgan fingerprint density at radius 1 is 1.19 bits per heavy atom. The molecule has 8 heteroatoms. The van der Waals surface area contributed by atoms with Crippen LogP contribution in [0.25, 0.3) is 10.2 Å². The molecule has 0 amide bonds. The van der Waals surface area contributed by atoms with E-state index < -0.39 is 0 Å². The van der Waals surface area contributed by atoms with Crippen LogP contribution in [-0.4, -0.2) is 44.9 Å². The van der Waals surface area contributed by atoms with Crippen molar-refractivity contribution >= 4 is 27.4 Å². The number of thiophene rings is 1. The summed E-state index contributed by atoms with van der Waals surface area (Å²) in [6.07, 6.45) is 8.87. The number of rotatable bonds is 3. The van der Waals surface area contributed by atoms with Gasteiger partial charge in [0.2, 0.25) is 0 Å². The number of nitrogens with zero attached hydrogens (tertiary/aromatic N) is 5. The number of hydrogen-bond acceptors (Lipinski definition) is 7. The molecule has 27 heavy (non-hydrogen) atoms. The van der Waals surface area contributed by atoms with Gasteiger partial charge in [-0.05, 0) is 44.1 Å². The number of fused-ring (bicyclic) bond motifs is 3. The maximum Gasteiger partial charge on any atom is 0.149 e. The lowest BCUT2D eigenvalue weighted by Crippen LogP contribution is -2.41. The van der Waals surface area contributed by atoms with Crippen LogP contribution in [-0.2, 0) is 17.6 Å². The monoisotopic (exact) mass is 382 g/mol. The van der Waals surface area contributed by atoms with Crippen molar-refractivity contribution in [1.82, 2.24) is 25.1 Å². The lowest BCUT2D eigenvalue weighted by molar-refractivity contribution is 0.0915. The van der Waals surface area contributed by atoms with Crippen LogP contribution < -0.4 is 4.90 Å². The van der Waals surface area contributed by atoms with E-state index in [0.29, 0.717) is 19.1 Å². The fraction of sp³-hybridized carbons (Fsp3) is 0.579. The fourth-order valence-electron chi connectivity index (χ4n) is 4.35. The molecule has 1 saturated carbocycles. The molecule has 1 atom stereocenters. The van der Waals surface area contributed by atoms with Gasteiger partial charge in [-0.2, -0.15) is 5.10 Å². The Labute approximate surface area is 161 Å². The van der Waals surface area contributed by atoms with E-state index in [2.05, 4.69) is 20.1 Å². The highest BCUT2D eigenvalue weighted by Gasteiger charge is 2.34. The molecule has 1 saturated heterocycles. The Morgan fingerprint density at radius 2 is 2.11 bits per heavy atom. The summed E-state index contributed by atoms with van der Waals surface area (Å²) in [5, 5.41) is 8.37. The molecule has 3 aromatic rings. The molecule has 1 unspecified atom stereocenters. The summed E-state index contributed by atoms with van der Waals surface area (Å²) in [4.78, 5) is 19.6. The molecular formula is C19H22N6OS. The summed E-state index contributed by atoms with van der Waals surface area (Å²) in [7, 11) is 0. The first kappa shape index (κ1) is 15.9. The molecule has 3 aliphatic rings. The van der Waals surface area contributed by atoms with E-state index in [1.54, 1.807) is 6.33 Å². The molecule has 1 aliphatic heterocycles. The normalized spacial score (nSPS) is 23.0. The minimum absolute atomic E-state index is 0.0190. The quantitative estimate of drug-likeness (QED) is 0.750. The van der Waals surface area contributed by atoms with Gasteiger partial charge < -0.3 is 9.64 Å². The van der Waals surface area contributed by atoms with Gasteiger partial charge in [-0.1, -0.05) is 0 Å². The Kier molecular flexibility index (Phi) is 3.68. The van der Waals surface area contributed by atoms with Crippen molar-refractivity contribution in [2.45, 2.75) is 50.5 Å². The van der Waals surface area contributed by atoms with E-state index in [0.717, 1.165) is 30.4 Å². The van der Waals surface area contributed by atoms with E-state index in [1.165, 1.54) is 52.8 Å². The molecule has 2 fully saturated rings. The predicted molar refractivity (Wildman–Crippen MR) is 103 cm³/mol. The smallest absolute Gasteiger partial charge is 0.149 e. The van der Waals surface area contributed by atoms with Gasteiger partial charge in [0.05, 0.1) is 18.6 Å². The molecule has 1 N–H and O–H groups in total. The second-order valence-electron chi connectivity index (χ2n) is 7.73. The van der Waals surface area contributed by atoms with E-state index in [4.69, 9.17) is 14.7 Å². The largest absolute Gasteiger partial charge is 0.377 e. The predicted octanol–water partition coefficient (Wildman–Crippen LogP) is 3.14. The van der Waals surface area contributed by atoms with Crippen LogP contribution >= 0.6 is 11.3 Å². The molecule has 0 bridgehead atoms. The van der Waals surface area contributed by atoms with Crippen LogP contribution in [0.3, 0.4) is 0 Å². The van der Waals surface area contributed by atoms with Crippen molar-refractivity contribution in [1.29, 1.82) is 0 Å². The Balaban J connectivity index is 1.55. The number of H-pyrrole nitrogens is 1.